The zero-order chi connectivity index (χ0) is 14.3. The number of aromatic nitrogens is 1. The molecule has 0 spiro atoms. The second-order valence-electron chi connectivity index (χ2n) is 4.87. The third-order valence-corrected chi connectivity index (χ3v) is 3.72. The smallest absolute Gasteiger partial charge is 0.340 e. The second-order valence-corrected chi connectivity index (χ2v) is 4.87. The van der Waals surface area contributed by atoms with Crippen molar-refractivity contribution in [3.8, 4) is 0 Å². The van der Waals surface area contributed by atoms with Gasteiger partial charge in [0.25, 0.3) is 0 Å². The largest absolute Gasteiger partial charge is 0.465 e. The number of fused-ring (bicyclic) bond motifs is 3. The maximum atomic E-state index is 12.0. The Balaban J connectivity index is 2.31. The van der Waals surface area contributed by atoms with E-state index >= 15 is 0 Å². The topological polar surface area (TPSA) is 57.2 Å². The molecule has 0 radical (unpaired) electrons. The number of para-hydroxylation sites is 1. The van der Waals surface area contributed by atoms with Gasteiger partial charge in [0, 0.05) is 17.4 Å². The molecular weight excluding hydrogens is 252 g/mol. The van der Waals surface area contributed by atoms with Gasteiger partial charge in [-0.25, -0.2) is 4.79 Å². The number of hydrogen-bond acceptors (Lipinski definition) is 3. The van der Waals surface area contributed by atoms with Gasteiger partial charge in [0.2, 0.25) is 0 Å². The fraction of sp³-hybridized carbons (Fsp3) is 0.188. The van der Waals surface area contributed by atoms with Crippen LogP contribution in [0.5, 0.6) is 0 Å². The number of nitrogens with zero attached hydrogens (tertiary/aromatic N) is 1. The van der Waals surface area contributed by atoms with Crippen LogP contribution in [0, 0.1) is 0 Å². The summed E-state index contributed by atoms with van der Waals surface area (Å²) < 4.78 is 6.96. The van der Waals surface area contributed by atoms with Crippen molar-refractivity contribution in [2.45, 2.75) is 13.5 Å². The van der Waals surface area contributed by atoms with Crippen LogP contribution in [0.2, 0.25) is 0 Å². The second kappa shape index (κ2) is 4.56. The summed E-state index contributed by atoms with van der Waals surface area (Å²) in [5.41, 5.74) is 9.98. The number of hydrogen-bond donors (Lipinski definition) is 1. The minimum absolute atomic E-state index is 0.394. The summed E-state index contributed by atoms with van der Waals surface area (Å²) in [4.78, 5) is 12.0. The van der Waals surface area contributed by atoms with Crippen LogP contribution in [-0.4, -0.2) is 17.6 Å². The molecule has 0 saturated carbocycles. The molecule has 20 heavy (non-hydrogen) atoms. The highest BCUT2D eigenvalue weighted by Crippen LogP contribution is 2.30. The fourth-order valence-electron chi connectivity index (χ4n) is 2.67. The molecule has 4 nitrogen and oxygen atoms in total. The number of rotatable bonds is 1. The Morgan fingerprint density at radius 3 is 2.85 bits per heavy atom. The van der Waals surface area contributed by atoms with Crippen molar-refractivity contribution in [2.24, 2.45) is 5.73 Å². The van der Waals surface area contributed by atoms with Crippen LogP contribution in [0.25, 0.3) is 16.6 Å². The number of methoxy groups -OCH3 is 1. The van der Waals surface area contributed by atoms with Crippen LogP contribution in [0.1, 0.15) is 12.6 Å². The van der Waals surface area contributed by atoms with Crippen LogP contribution < -0.4 is 5.73 Å². The standard InChI is InChI=1S/C16H16N2O2/c1-10-7-8-18-12-6-4-3-5-11(12)9-13(18)15(17)14(10)16(19)20-2/h3-7,9H,8,17H2,1-2H3. The summed E-state index contributed by atoms with van der Waals surface area (Å²) in [5.74, 6) is -0.394. The minimum Gasteiger partial charge on any atom is -0.465 e. The Hall–Kier alpha value is -2.49. The van der Waals surface area contributed by atoms with E-state index in [1.54, 1.807) is 0 Å². The van der Waals surface area contributed by atoms with Crippen molar-refractivity contribution in [3.05, 3.63) is 53.2 Å². The maximum Gasteiger partial charge on any atom is 0.340 e. The monoisotopic (exact) mass is 268 g/mol. The Kier molecular flexibility index (Phi) is 2.86. The Labute approximate surface area is 117 Å². The predicted molar refractivity (Wildman–Crippen MR) is 78.8 cm³/mol. The molecule has 0 amide bonds. The predicted octanol–water partition coefficient (Wildman–Crippen LogP) is 2.44. The number of ether oxygens (including phenoxy) is 1. The van der Waals surface area contributed by atoms with Crippen molar-refractivity contribution in [1.82, 2.24) is 4.57 Å². The molecule has 0 atom stereocenters. The van der Waals surface area contributed by atoms with Crippen molar-refractivity contribution in [1.29, 1.82) is 0 Å². The van der Waals surface area contributed by atoms with Gasteiger partial charge >= 0.3 is 5.97 Å². The highest BCUT2D eigenvalue weighted by molar-refractivity contribution is 6.02. The van der Waals surface area contributed by atoms with Gasteiger partial charge in [-0.3, -0.25) is 0 Å². The van der Waals surface area contributed by atoms with E-state index in [-0.39, 0.29) is 0 Å². The number of nitrogens with two attached hydrogens (primary N) is 1. The summed E-state index contributed by atoms with van der Waals surface area (Å²) >= 11 is 0. The number of carbonyl (C=O) groups excluding carboxylic acids is 1. The highest BCUT2D eigenvalue weighted by atomic mass is 16.5. The molecule has 1 aromatic heterocycles. The van der Waals surface area contributed by atoms with E-state index in [0.717, 1.165) is 22.2 Å². The van der Waals surface area contributed by atoms with E-state index in [1.165, 1.54) is 7.11 Å². The minimum atomic E-state index is -0.394. The first kappa shape index (κ1) is 12.5. The van der Waals surface area contributed by atoms with Crippen LogP contribution in [-0.2, 0) is 16.1 Å². The molecular formula is C16H16N2O2. The van der Waals surface area contributed by atoms with Crippen molar-refractivity contribution < 1.29 is 9.53 Å². The molecule has 2 aromatic rings. The quantitative estimate of drug-likeness (QED) is 0.808. The van der Waals surface area contributed by atoms with Crippen LogP contribution in [0.3, 0.4) is 0 Å². The van der Waals surface area contributed by atoms with Crippen LogP contribution in [0.15, 0.2) is 47.6 Å². The molecule has 1 aliphatic heterocycles. The highest BCUT2D eigenvalue weighted by Gasteiger charge is 2.22. The lowest BCUT2D eigenvalue weighted by molar-refractivity contribution is -0.135. The van der Waals surface area contributed by atoms with Gasteiger partial charge in [0.1, 0.15) is 0 Å². The van der Waals surface area contributed by atoms with Gasteiger partial charge in [0.15, 0.2) is 0 Å². The lowest BCUT2D eigenvalue weighted by atomic mass is 10.0. The lowest BCUT2D eigenvalue weighted by Gasteiger charge is -2.09. The Morgan fingerprint density at radius 1 is 1.35 bits per heavy atom. The maximum absolute atomic E-state index is 12.0. The average molecular weight is 268 g/mol. The number of esters is 1. The Bertz CT molecular complexity index is 766. The van der Waals surface area contributed by atoms with Crippen LogP contribution >= 0.6 is 0 Å². The SMILES string of the molecule is COC(=O)C1=C(N)c2cc3ccccc3n2CC=C1C. The van der Waals surface area contributed by atoms with Gasteiger partial charge in [-0.05, 0) is 24.6 Å². The summed E-state index contributed by atoms with van der Waals surface area (Å²) in [6, 6.07) is 10.1. The van der Waals surface area contributed by atoms with Gasteiger partial charge < -0.3 is 15.0 Å². The molecule has 4 heteroatoms. The molecule has 2 N–H and O–H groups in total. The van der Waals surface area contributed by atoms with Gasteiger partial charge in [-0.1, -0.05) is 24.3 Å². The zero-order valence-corrected chi connectivity index (χ0v) is 11.5. The first-order valence-electron chi connectivity index (χ1n) is 6.47. The molecule has 1 aliphatic rings. The molecule has 0 bridgehead atoms. The van der Waals surface area contributed by atoms with Gasteiger partial charge in [-0.15, -0.1) is 0 Å². The molecule has 0 saturated heterocycles. The summed E-state index contributed by atoms with van der Waals surface area (Å²) in [7, 11) is 1.37. The number of benzene rings is 1. The summed E-state index contributed by atoms with van der Waals surface area (Å²) in [5, 5.41) is 1.11. The first-order chi connectivity index (χ1) is 9.63. The number of allylic oxidation sites excluding steroid dienone is 1. The molecule has 2 heterocycles. The summed E-state index contributed by atoms with van der Waals surface area (Å²) in [6.07, 6.45) is 2.00. The fourth-order valence-corrected chi connectivity index (χ4v) is 2.67. The van der Waals surface area contributed by atoms with E-state index in [1.807, 2.05) is 37.3 Å². The van der Waals surface area contributed by atoms with Crippen molar-refractivity contribution in [3.63, 3.8) is 0 Å². The lowest BCUT2D eigenvalue weighted by Crippen LogP contribution is -2.13. The van der Waals surface area contributed by atoms with E-state index in [0.29, 0.717) is 17.8 Å². The molecule has 0 aliphatic carbocycles. The van der Waals surface area contributed by atoms with Gasteiger partial charge in [0.05, 0.1) is 24.1 Å². The van der Waals surface area contributed by atoms with Crippen LogP contribution in [0.4, 0.5) is 0 Å². The molecule has 0 unspecified atom stereocenters. The van der Waals surface area contributed by atoms with Crippen molar-refractivity contribution >= 4 is 22.6 Å². The zero-order valence-electron chi connectivity index (χ0n) is 11.5. The van der Waals surface area contributed by atoms with Gasteiger partial charge in [-0.2, -0.15) is 0 Å². The molecule has 102 valence electrons. The van der Waals surface area contributed by atoms with E-state index in [2.05, 4.69) is 10.6 Å². The average Bonchev–Trinajstić information content (AvgIpc) is 2.78. The number of carbonyl (C=O) groups is 1. The van der Waals surface area contributed by atoms with Crippen molar-refractivity contribution in [2.75, 3.05) is 7.11 Å². The normalized spacial score (nSPS) is 14.8. The first-order valence-corrected chi connectivity index (χ1v) is 6.47. The molecule has 0 fully saturated rings. The van der Waals surface area contributed by atoms with E-state index in [9.17, 15) is 4.79 Å². The molecule has 1 aromatic carbocycles. The third kappa shape index (κ3) is 1.72. The summed E-state index contributed by atoms with van der Waals surface area (Å²) in [6.45, 7) is 2.57. The van der Waals surface area contributed by atoms with E-state index in [4.69, 9.17) is 10.5 Å². The molecule has 3 rings (SSSR count). The Morgan fingerprint density at radius 2 is 2.10 bits per heavy atom. The van der Waals surface area contributed by atoms with E-state index < -0.39 is 5.97 Å². The third-order valence-electron chi connectivity index (χ3n) is 3.72.